The third kappa shape index (κ3) is 4.08. The summed E-state index contributed by atoms with van der Waals surface area (Å²) in [7, 11) is 0. The Morgan fingerprint density at radius 3 is 2.80 bits per heavy atom. The first-order valence-corrected chi connectivity index (χ1v) is 6.66. The Hall–Kier alpha value is -2.37. The van der Waals surface area contributed by atoms with Gasteiger partial charge in [-0.05, 0) is 18.6 Å². The number of carbonyl (C=O) groups is 1. The van der Waals surface area contributed by atoms with E-state index in [2.05, 4.69) is 27.5 Å². The summed E-state index contributed by atoms with van der Waals surface area (Å²) < 4.78 is 5.19. The van der Waals surface area contributed by atoms with Crippen LogP contribution in [0.5, 0.6) is 0 Å². The van der Waals surface area contributed by atoms with E-state index in [1.165, 1.54) is 12.4 Å². The monoisotopic (exact) mass is 274 g/mol. The molecule has 0 saturated carbocycles. The van der Waals surface area contributed by atoms with Gasteiger partial charge in [-0.2, -0.15) is 0 Å². The van der Waals surface area contributed by atoms with Crippen LogP contribution in [0.3, 0.4) is 0 Å². The molecule has 2 rings (SSSR count). The third-order valence-corrected chi connectivity index (χ3v) is 2.73. The standard InChI is InChI=1S/C14H18N4O2/c1-2-3-6-15-13(19)11-8-16-14(17-9-11)18-10-12-5-4-7-20-12/h4-5,7-9H,2-3,6,10H2,1H3,(H,15,19)(H,16,17,18). The molecule has 2 aromatic rings. The van der Waals surface area contributed by atoms with Gasteiger partial charge < -0.3 is 15.1 Å². The number of rotatable bonds is 7. The fraction of sp³-hybridized carbons (Fsp3) is 0.357. The van der Waals surface area contributed by atoms with Crippen molar-refractivity contribution in [3.63, 3.8) is 0 Å². The highest BCUT2D eigenvalue weighted by atomic mass is 16.3. The predicted octanol–water partition coefficient (Wildman–Crippen LogP) is 2.21. The summed E-state index contributed by atoms with van der Waals surface area (Å²) in [5.74, 6) is 1.12. The number of anilines is 1. The second kappa shape index (κ2) is 7.28. The van der Waals surface area contributed by atoms with Gasteiger partial charge >= 0.3 is 0 Å². The predicted molar refractivity (Wildman–Crippen MR) is 75.3 cm³/mol. The van der Waals surface area contributed by atoms with Crippen LogP contribution in [0.4, 0.5) is 5.95 Å². The normalized spacial score (nSPS) is 10.2. The summed E-state index contributed by atoms with van der Waals surface area (Å²) in [6.07, 6.45) is 6.65. The first-order valence-electron chi connectivity index (χ1n) is 6.66. The minimum atomic E-state index is -0.143. The Morgan fingerprint density at radius 2 is 2.15 bits per heavy atom. The second-order valence-corrected chi connectivity index (χ2v) is 4.34. The van der Waals surface area contributed by atoms with Crippen LogP contribution in [0.15, 0.2) is 35.2 Å². The molecule has 0 aliphatic heterocycles. The molecule has 1 amide bonds. The molecule has 6 heteroatoms. The summed E-state index contributed by atoms with van der Waals surface area (Å²) >= 11 is 0. The Labute approximate surface area is 117 Å². The smallest absolute Gasteiger partial charge is 0.254 e. The first kappa shape index (κ1) is 14.0. The molecule has 0 atom stereocenters. The van der Waals surface area contributed by atoms with Crippen LogP contribution in [-0.4, -0.2) is 22.4 Å². The summed E-state index contributed by atoms with van der Waals surface area (Å²) in [6.45, 7) is 3.26. The first-order chi connectivity index (χ1) is 9.79. The van der Waals surface area contributed by atoms with E-state index in [0.29, 0.717) is 24.6 Å². The fourth-order valence-corrected chi connectivity index (χ4v) is 1.60. The van der Waals surface area contributed by atoms with Gasteiger partial charge in [-0.15, -0.1) is 0 Å². The lowest BCUT2D eigenvalue weighted by Gasteiger charge is -2.05. The van der Waals surface area contributed by atoms with Crippen molar-refractivity contribution in [3.8, 4) is 0 Å². The van der Waals surface area contributed by atoms with Crippen LogP contribution in [0.25, 0.3) is 0 Å². The molecule has 0 radical (unpaired) electrons. The van der Waals surface area contributed by atoms with Crippen molar-refractivity contribution in [2.24, 2.45) is 0 Å². The highest BCUT2D eigenvalue weighted by Crippen LogP contribution is 2.05. The molecule has 0 saturated heterocycles. The van der Waals surface area contributed by atoms with E-state index in [4.69, 9.17) is 4.42 Å². The zero-order valence-corrected chi connectivity index (χ0v) is 11.4. The van der Waals surface area contributed by atoms with Crippen molar-refractivity contribution in [1.29, 1.82) is 0 Å². The van der Waals surface area contributed by atoms with E-state index in [9.17, 15) is 4.79 Å². The molecule has 2 N–H and O–H groups in total. The maximum atomic E-state index is 11.7. The molecular weight excluding hydrogens is 256 g/mol. The maximum absolute atomic E-state index is 11.7. The lowest BCUT2D eigenvalue weighted by atomic mass is 10.3. The van der Waals surface area contributed by atoms with E-state index in [-0.39, 0.29) is 5.91 Å². The highest BCUT2D eigenvalue weighted by molar-refractivity contribution is 5.93. The molecule has 6 nitrogen and oxygen atoms in total. The number of amides is 1. The zero-order chi connectivity index (χ0) is 14.2. The van der Waals surface area contributed by atoms with Crippen molar-refractivity contribution in [2.45, 2.75) is 26.3 Å². The third-order valence-electron chi connectivity index (χ3n) is 2.73. The van der Waals surface area contributed by atoms with E-state index < -0.39 is 0 Å². The molecule has 0 aliphatic carbocycles. The quantitative estimate of drug-likeness (QED) is 0.757. The number of furan rings is 1. The SMILES string of the molecule is CCCCNC(=O)c1cnc(NCc2ccco2)nc1. The van der Waals surface area contributed by atoms with Crippen molar-refractivity contribution >= 4 is 11.9 Å². The van der Waals surface area contributed by atoms with Gasteiger partial charge in [0.2, 0.25) is 5.95 Å². The number of unbranched alkanes of at least 4 members (excludes halogenated alkanes) is 1. The van der Waals surface area contributed by atoms with Crippen molar-refractivity contribution in [2.75, 3.05) is 11.9 Å². The number of aromatic nitrogens is 2. The molecule has 0 aliphatic rings. The largest absolute Gasteiger partial charge is 0.467 e. The molecule has 2 heterocycles. The van der Waals surface area contributed by atoms with Crippen LogP contribution < -0.4 is 10.6 Å². The fourth-order valence-electron chi connectivity index (χ4n) is 1.60. The van der Waals surface area contributed by atoms with Crippen molar-refractivity contribution in [1.82, 2.24) is 15.3 Å². The van der Waals surface area contributed by atoms with Gasteiger partial charge in [0.1, 0.15) is 5.76 Å². The van der Waals surface area contributed by atoms with Crippen LogP contribution in [0.2, 0.25) is 0 Å². The molecular formula is C14H18N4O2. The number of nitrogens with one attached hydrogen (secondary N) is 2. The Kier molecular flexibility index (Phi) is 5.11. The van der Waals surface area contributed by atoms with Gasteiger partial charge in [-0.3, -0.25) is 4.79 Å². The highest BCUT2D eigenvalue weighted by Gasteiger charge is 2.06. The Balaban J connectivity index is 1.84. The van der Waals surface area contributed by atoms with Gasteiger partial charge in [0, 0.05) is 18.9 Å². The van der Waals surface area contributed by atoms with Crippen molar-refractivity contribution < 1.29 is 9.21 Å². The summed E-state index contributed by atoms with van der Waals surface area (Å²) in [4.78, 5) is 20.0. The number of hydrogen-bond acceptors (Lipinski definition) is 5. The Bertz CT molecular complexity index is 523. The summed E-state index contributed by atoms with van der Waals surface area (Å²) in [6, 6.07) is 3.68. The van der Waals surface area contributed by atoms with E-state index in [0.717, 1.165) is 18.6 Å². The lowest BCUT2D eigenvalue weighted by molar-refractivity contribution is 0.0952. The van der Waals surface area contributed by atoms with E-state index in [1.54, 1.807) is 6.26 Å². The average molecular weight is 274 g/mol. The molecule has 106 valence electrons. The number of hydrogen-bond donors (Lipinski definition) is 2. The van der Waals surface area contributed by atoms with E-state index in [1.807, 2.05) is 12.1 Å². The molecule has 20 heavy (non-hydrogen) atoms. The molecule has 0 aromatic carbocycles. The molecule has 0 bridgehead atoms. The lowest BCUT2D eigenvalue weighted by Crippen LogP contribution is -2.24. The van der Waals surface area contributed by atoms with Gasteiger partial charge in [0.05, 0.1) is 18.4 Å². The minimum absolute atomic E-state index is 0.143. The molecule has 0 fully saturated rings. The minimum Gasteiger partial charge on any atom is -0.467 e. The molecule has 0 unspecified atom stereocenters. The average Bonchev–Trinajstić information content (AvgIpc) is 2.99. The molecule has 2 aromatic heterocycles. The van der Waals surface area contributed by atoms with Gasteiger partial charge in [-0.1, -0.05) is 13.3 Å². The van der Waals surface area contributed by atoms with Gasteiger partial charge in [0.15, 0.2) is 0 Å². The molecule has 0 spiro atoms. The summed E-state index contributed by atoms with van der Waals surface area (Å²) in [5.41, 5.74) is 0.463. The van der Waals surface area contributed by atoms with Gasteiger partial charge in [0.25, 0.3) is 5.91 Å². The van der Waals surface area contributed by atoms with Crippen LogP contribution in [-0.2, 0) is 6.54 Å². The summed E-state index contributed by atoms with van der Waals surface area (Å²) in [5, 5.41) is 5.84. The van der Waals surface area contributed by atoms with Crippen molar-refractivity contribution in [3.05, 3.63) is 42.1 Å². The zero-order valence-electron chi connectivity index (χ0n) is 11.4. The van der Waals surface area contributed by atoms with E-state index >= 15 is 0 Å². The number of carbonyl (C=O) groups excluding carboxylic acids is 1. The van der Waals surface area contributed by atoms with Gasteiger partial charge in [-0.25, -0.2) is 9.97 Å². The maximum Gasteiger partial charge on any atom is 0.254 e. The number of nitrogens with zero attached hydrogens (tertiary/aromatic N) is 2. The topological polar surface area (TPSA) is 80.0 Å². The van der Waals surface area contributed by atoms with Crippen LogP contribution in [0, 0.1) is 0 Å². The van der Waals surface area contributed by atoms with Crippen LogP contribution in [0.1, 0.15) is 35.9 Å². The second-order valence-electron chi connectivity index (χ2n) is 4.34. The Morgan fingerprint density at radius 1 is 1.35 bits per heavy atom. The van der Waals surface area contributed by atoms with Crippen LogP contribution >= 0.6 is 0 Å².